The quantitative estimate of drug-likeness (QED) is 0.765. The number of aromatic amines is 1. The molecule has 0 radical (unpaired) electrons. The standard InChI is InChI=1S/C15H15N3O5S2/c1-8-15(25(3,22)23)18-13(16-8)7-11-10-6-9(24(2,20)21)4-5-12(10)17-14(11)19/h4-7H,1-3H3,(H,16,18)(H,17,19)/b11-7-. The number of amides is 1. The summed E-state index contributed by atoms with van der Waals surface area (Å²) in [7, 11) is -6.93. The van der Waals surface area contributed by atoms with Crippen molar-refractivity contribution in [3.05, 3.63) is 35.3 Å². The summed E-state index contributed by atoms with van der Waals surface area (Å²) in [6.45, 7) is 1.57. The molecule has 2 N–H and O–H groups in total. The van der Waals surface area contributed by atoms with Gasteiger partial charge in [-0.25, -0.2) is 21.8 Å². The number of H-pyrrole nitrogens is 1. The van der Waals surface area contributed by atoms with E-state index in [1.807, 2.05) is 0 Å². The van der Waals surface area contributed by atoms with E-state index >= 15 is 0 Å². The Hall–Kier alpha value is -2.46. The Labute approximate surface area is 144 Å². The van der Waals surface area contributed by atoms with E-state index in [9.17, 15) is 21.6 Å². The third kappa shape index (κ3) is 3.22. The van der Waals surface area contributed by atoms with Gasteiger partial charge < -0.3 is 10.3 Å². The van der Waals surface area contributed by atoms with Crippen LogP contribution in [0.1, 0.15) is 17.1 Å². The molecule has 0 aliphatic carbocycles. The molecule has 0 fully saturated rings. The van der Waals surface area contributed by atoms with Crippen LogP contribution in [0.25, 0.3) is 11.6 Å². The van der Waals surface area contributed by atoms with E-state index in [-0.39, 0.29) is 21.3 Å². The van der Waals surface area contributed by atoms with Gasteiger partial charge in [-0.2, -0.15) is 0 Å². The first kappa shape index (κ1) is 17.4. The number of carbonyl (C=O) groups excluding carboxylic acids is 1. The average Bonchev–Trinajstić information content (AvgIpc) is 2.98. The van der Waals surface area contributed by atoms with Crippen LogP contribution in [0, 0.1) is 6.92 Å². The molecule has 0 bridgehead atoms. The van der Waals surface area contributed by atoms with Crippen LogP contribution in [-0.4, -0.2) is 45.2 Å². The maximum Gasteiger partial charge on any atom is 0.256 e. The van der Waals surface area contributed by atoms with Crippen LogP contribution in [0.2, 0.25) is 0 Å². The van der Waals surface area contributed by atoms with E-state index in [0.29, 0.717) is 16.9 Å². The fourth-order valence-corrected chi connectivity index (χ4v) is 4.09. The summed E-state index contributed by atoms with van der Waals surface area (Å²) >= 11 is 0. The maximum absolute atomic E-state index is 12.2. The summed E-state index contributed by atoms with van der Waals surface area (Å²) in [5.41, 5.74) is 1.46. The van der Waals surface area contributed by atoms with Crippen LogP contribution in [0.5, 0.6) is 0 Å². The highest BCUT2D eigenvalue weighted by Crippen LogP contribution is 2.34. The van der Waals surface area contributed by atoms with Crippen LogP contribution < -0.4 is 5.32 Å². The van der Waals surface area contributed by atoms with Gasteiger partial charge in [0.1, 0.15) is 5.82 Å². The number of carbonyl (C=O) groups is 1. The minimum absolute atomic E-state index is 0.0844. The monoisotopic (exact) mass is 381 g/mol. The third-order valence-corrected chi connectivity index (χ3v) is 5.90. The van der Waals surface area contributed by atoms with Gasteiger partial charge in [0.05, 0.1) is 16.2 Å². The second-order valence-corrected chi connectivity index (χ2v) is 9.76. The van der Waals surface area contributed by atoms with Gasteiger partial charge in [0.15, 0.2) is 24.7 Å². The molecule has 1 aromatic heterocycles. The van der Waals surface area contributed by atoms with Crippen LogP contribution >= 0.6 is 0 Å². The average molecular weight is 381 g/mol. The second kappa shape index (κ2) is 5.53. The highest BCUT2D eigenvalue weighted by molar-refractivity contribution is 7.91. The summed E-state index contributed by atoms with van der Waals surface area (Å²) in [4.78, 5) is 19.1. The number of aryl methyl sites for hydroxylation is 1. The van der Waals surface area contributed by atoms with E-state index in [0.717, 1.165) is 12.5 Å². The number of imidazole rings is 1. The number of rotatable bonds is 3. The van der Waals surface area contributed by atoms with Gasteiger partial charge in [-0.15, -0.1) is 0 Å². The molecule has 2 aromatic rings. The maximum atomic E-state index is 12.2. The predicted molar refractivity (Wildman–Crippen MR) is 92.5 cm³/mol. The minimum Gasteiger partial charge on any atom is -0.341 e. The lowest BCUT2D eigenvalue weighted by Crippen LogP contribution is -2.03. The number of hydrogen-bond donors (Lipinski definition) is 2. The van der Waals surface area contributed by atoms with Gasteiger partial charge >= 0.3 is 0 Å². The molecular formula is C15H15N3O5S2. The lowest BCUT2D eigenvalue weighted by atomic mass is 10.1. The molecule has 0 spiro atoms. The van der Waals surface area contributed by atoms with Gasteiger partial charge in [-0.3, -0.25) is 4.79 Å². The number of sulfone groups is 2. The number of hydrogen-bond acceptors (Lipinski definition) is 6. The first-order valence-electron chi connectivity index (χ1n) is 7.11. The fraction of sp³-hybridized carbons (Fsp3) is 0.200. The van der Waals surface area contributed by atoms with Crippen LogP contribution in [0.4, 0.5) is 5.69 Å². The molecule has 1 amide bonds. The molecule has 0 saturated heterocycles. The Kier molecular flexibility index (Phi) is 3.84. The molecule has 0 unspecified atom stereocenters. The molecule has 1 aliphatic heterocycles. The Morgan fingerprint density at radius 2 is 1.76 bits per heavy atom. The summed E-state index contributed by atoms with van der Waals surface area (Å²) in [6.07, 6.45) is 3.52. The topological polar surface area (TPSA) is 126 Å². The number of aromatic nitrogens is 2. The molecular weight excluding hydrogens is 366 g/mol. The van der Waals surface area contributed by atoms with E-state index in [4.69, 9.17) is 0 Å². The first-order valence-corrected chi connectivity index (χ1v) is 10.9. The van der Waals surface area contributed by atoms with Crippen molar-refractivity contribution in [3.8, 4) is 0 Å². The summed E-state index contributed by atoms with van der Waals surface area (Å²) in [5, 5.41) is 2.54. The Morgan fingerprint density at radius 1 is 1.08 bits per heavy atom. The number of nitrogens with zero attached hydrogens (tertiary/aromatic N) is 1. The van der Waals surface area contributed by atoms with Crippen molar-refractivity contribution in [2.75, 3.05) is 17.8 Å². The number of nitrogens with one attached hydrogen (secondary N) is 2. The lowest BCUT2D eigenvalue weighted by molar-refractivity contribution is -0.110. The Morgan fingerprint density at radius 3 is 2.32 bits per heavy atom. The molecule has 1 aromatic carbocycles. The molecule has 0 saturated carbocycles. The molecule has 25 heavy (non-hydrogen) atoms. The van der Waals surface area contributed by atoms with Crippen molar-refractivity contribution in [1.29, 1.82) is 0 Å². The predicted octanol–water partition coefficient (Wildman–Crippen LogP) is 1.02. The van der Waals surface area contributed by atoms with Gasteiger partial charge in [-0.05, 0) is 31.2 Å². The van der Waals surface area contributed by atoms with Gasteiger partial charge in [0.25, 0.3) is 5.91 Å². The zero-order valence-electron chi connectivity index (χ0n) is 13.6. The molecule has 3 rings (SSSR count). The fourth-order valence-electron chi connectivity index (χ4n) is 2.57. The van der Waals surface area contributed by atoms with Crippen molar-refractivity contribution in [2.24, 2.45) is 0 Å². The molecule has 2 heterocycles. The van der Waals surface area contributed by atoms with Gasteiger partial charge in [0, 0.05) is 23.8 Å². The van der Waals surface area contributed by atoms with Crippen LogP contribution in [0.15, 0.2) is 28.1 Å². The van der Waals surface area contributed by atoms with Crippen molar-refractivity contribution in [1.82, 2.24) is 9.97 Å². The van der Waals surface area contributed by atoms with Crippen molar-refractivity contribution in [3.63, 3.8) is 0 Å². The van der Waals surface area contributed by atoms with Gasteiger partial charge in [-0.1, -0.05) is 0 Å². The lowest BCUT2D eigenvalue weighted by Gasteiger charge is -2.02. The molecule has 1 aliphatic rings. The minimum atomic E-state index is -3.50. The Balaban J connectivity index is 2.14. The van der Waals surface area contributed by atoms with Gasteiger partial charge in [0.2, 0.25) is 0 Å². The normalized spacial score (nSPS) is 16.1. The number of benzene rings is 1. The molecule has 132 valence electrons. The number of anilines is 1. The second-order valence-electron chi connectivity index (χ2n) is 5.82. The highest BCUT2D eigenvalue weighted by atomic mass is 32.2. The molecule has 0 atom stereocenters. The Bertz CT molecular complexity index is 1140. The summed E-state index contributed by atoms with van der Waals surface area (Å²) < 4.78 is 46.8. The van der Waals surface area contributed by atoms with E-state index in [2.05, 4.69) is 15.3 Å². The zero-order valence-corrected chi connectivity index (χ0v) is 15.2. The van der Waals surface area contributed by atoms with E-state index in [1.165, 1.54) is 24.3 Å². The number of fused-ring (bicyclic) bond motifs is 1. The molecule has 8 nitrogen and oxygen atoms in total. The van der Waals surface area contributed by atoms with Crippen molar-refractivity contribution in [2.45, 2.75) is 16.8 Å². The highest BCUT2D eigenvalue weighted by Gasteiger charge is 2.26. The van der Waals surface area contributed by atoms with Crippen molar-refractivity contribution < 1.29 is 21.6 Å². The third-order valence-electron chi connectivity index (χ3n) is 3.69. The van der Waals surface area contributed by atoms with E-state index in [1.54, 1.807) is 6.92 Å². The van der Waals surface area contributed by atoms with Crippen LogP contribution in [-0.2, 0) is 24.5 Å². The van der Waals surface area contributed by atoms with E-state index < -0.39 is 25.6 Å². The summed E-state index contributed by atoms with van der Waals surface area (Å²) in [5.74, 6) is -0.226. The van der Waals surface area contributed by atoms with Crippen molar-refractivity contribution >= 4 is 42.9 Å². The molecule has 10 heteroatoms. The SMILES string of the molecule is Cc1[nH]c(/C=C2\C(=O)Nc3ccc(S(C)(=O)=O)cc32)nc1S(C)(=O)=O. The smallest absolute Gasteiger partial charge is 0.256 e. The first-order chi connectivity index (χ1) is 11.5. The largest absolute Gasteiger partial charge is 0.341 e. The van der Waals surface area contributed by atoms with Crippen LogP contribution in [0.3, 0.4) is 0 Å². The summed E-state index contributed by atoms with van der Waals surface area (Å²) in [6, 6.07) is 4.33. The zero-order chi connectivity index (χ0) is 18.6.